The molecule has 0 saturated carbocycles. The van der Waals surface area contributed by atoms with Crippen LogP contribution in [-0.4, -0.2) is 29.2 Å². The number of nitrogens with one attached hydrogen (secondary N) is 1. The van der Waals surface area contributed by atoms with Gasteiger partial charge in [0.05, 0.1) is 11.0 Å². The number of hydrogen-bond acceptors (Lipinski definition) is 3. The Morgan fingerprint density at radius 1 is 1.35 bits per heavy atom. The summed E-state index contributed by atoms with van der Waals surface area (Å²) in [6.45, 7) is 9.27. The largest absolute Gasteiger partial charge is 0.381 e. The molecule has 2 aromatic rings. The Hall–Kier alpha value is -1.88. The molecule has 1 amide bonds. The van der Waals surface area contributed by atoms with Crippen LogP contribution in [0.5, 0.6) is 0 Å². The van der Waals surface area contributed by atoms with Crippen LogP contribution in [0, 0.1) is 5.92 Å². The van der Waals surface area contributed by atoms with E-state index in [0.717, 1.165) is 55.1 Å². The molecule has 1 aliphatic rings. The van der Waals surface area contributed by atoms with Gasteiger partial charge in [0.25, 0.3) is 0 Å². The summed E-state index contributed by atoms with van der Waals surface area (Å²) < 4.78 is 7.84. The minimum Gasteiger partial charge on any atom is -0.381 e. The van der Waals surface area contributed by atoms with Crippen LogP contribution in [-0.2, 0) is 21.5 Å². The predicted octanol–water partition coefficient (Wildman–Crippen LogP) is 3.33. The van der Waals surface area contributed by atoms with E-state index in [1.807, 2.05) is 12.1 Å². The Bertz CT molecular complexity index is 694. The second-order valence-corrected chi connectivity index (χ2v) is 7.32. The molecule has 3 rings (SSSR count). The SMILES string of the molecule is CC(C)(C)c1nc2cc(NC=O)ccc2n1CC1CCOCC1. The summed E-state index contributed by atoms with van der Waals surface area (Å²) >= 11 is 0. The van der Waals surface area contributed by atoms with E-state index < -0.39 is 0 Å². The lowest BCUT2D eigenvalue weighted by atomic mass is 9.94. The van der Waals surface area contributed by atoms with Gasteiger partial charge in [0.1, 0.15) is 5.82 Å². The number of anilines is 1. The van der Waals surface area contributed by atoms with Crippen LogP contribution in [0.1, 0.15) is 39.4 Å². The maximum Gasteiger partial charge on any atom is 0.211 e. The predicted molar refractivity (Wildman–Crippen MR) is 91.7 cm³/mol. The van der Waals surface area contributed by atoms with Crippen molar-refractivity contribution < 1.29 is 9.53 Å². The number of imidazole rings is 1. The maximum absolute atomic E-state index is 10.7. The highest BCUT2D eigenvalue weighted by molar-refractivity contribution is 5.83. The number of fused-ring (bicyclic) bond motifs is 1. The first-order valence-electron chi connectivity index (χ1n) is 8.28. The van der Waals surface area contributed by atoms with Crippen LogP contribution in [0.2, 0.25) is 0 Å². The van der Waals surface area contributed by atoms with Crippen molar-refractivity contribution in [2.24, 2.45) is 5.92 Å². The van der Waals surface area contributed by atoms with Crippen LogP contribution >= 0.6 is 0 Å². The van der Waals surface area contributed by atoms with Gasteiger partial charge in [-0.25, -0.2) is 4.98 Å². The fourth-order valence-electron chi connectivity index (χ4n) is 3.23. The molecule has 0 aliphatic carbocycles. The van der Waals surface area contributed by atoms with Gasteiger partial charge in [0.2, 0.25) is 6.41 Å². The van der Waals surface area contributed by atoms with Crippen molar-refractivity contribution in [3.05, 3.63) is 24.0 Å². The van der Waals surface area contributed by atoms with Gasteiger partial charge in [-0.1, -0.05) is 20.8 Å². The van der Waals surface area contributed by atoms with Gasteiger partial charge in [0.15, 0.2) is 0 Å². The van der Waals surface area contributed by atoms with Gasteiger partial charge >= 0.3 is 0 Å². The molecule has 1 saturated heterocycles. The standard InChI is InChI=1S/C18H25N3O2/c1-18(2,3)17-20-15-10-14(19-12-22)4-5-16(15)21(17)11-13-6-8-23-9-7-13/h4-5,10,12-13H,6-9,11H2,1-3H3,(H,19,22). The lowest BCUT2D eigenvalue weighted by Crippen LogP contribution is -2.25. The molecule has 0 bridgehead atoms. The Morgan fingerprint density at radius 2 is 2.09 bits per heavy atom. The Morgan fingerprint density at radius 3 is 2.74 bits per heavy atom. The number of rotatable bonds is 4. The number of nitrogens with zero attached hydrogens (tertiary/aromatic N) is 2. The third-order valence-corrected chi connectivity index (χ3v) is 4.43. The molecule has 0 spiro atoms. The highest BCUT2D eigenvalue weighted by Gasteiger charge is 2.25. The van der Waals surface area contributed by atoms with E-state index in [-0.39, 0.29) is 5.41 Å². The van der Waals surface area contributed by atoms with Crippen LogP contribution in [0.25, 0.3) is 11.0 Å². The Balaban J connectivity index is 2.02. The topological polar surface area (TPSA) is 56.2 Å². The summed E-state index contributed by atoms with van der Waals surface area (Å²) in [5, 5.41) is 2.70. The minimum atomic E-state index is -0.0254. The second kappa shape index (κ2) is 6.32. The Kier molecular flexibility index (Phi) is 4.39. The van der Waals surface area contributed by atoms with Crippen molar-refractivity contribution in [3.8, 4) is 0 Å². The normalized spacial score (nSPS) is 16.7. The molecule has 0 atom stereocenters. The summed E-state index contributed by atoms with van der Waals surface area (Å²) in [4.78, 5) is 15.5. The summed E-state index contributed by atoms with van der Waals surface area (Å²) in [7, 11) is 0. The van der Waals surface area contributed by atoms with Crippen molar-refractivity contribution in [1.82, 2.24) is 9.55 Å². The first-order valence-corrected chi connectivity index (χ1v) is 8.28. The van der Waals surface area contributed by atoms with E-state index in [1.54, 1.807) is 0 Å². The first-order chi connectivity index (χ1) is 11.0. The minimum absolute atomic E-state index is 0.0254. The van der Waals surface area contributed by atoms with E-state index in [2.05, 4.69) is 36.7 Å². The number of ether oxygens (including phenoxy) is 1. The van der Waals surface area contributed by atoms with Crippen LogP contribution in [0.3, 0.4) is 0 Å². The maximum atomic E-state index is 10.7. The smallest absolute Gasteiger partial charge is 0.211 e. The van der Waals surface area contributed by atoms with Gasteiger partial charge in [-0.15, -0.1) is 0 Å². The van der Waals surface area contributed by atoms with E-state index in [9.17, 15) is 4.79 Å². The molecule has 23 heavy (non-hydrogen) atoms. The molecule has 1 fully saturated rings. The van der Waals surface area contributed by atoms with Gasteiger partial charge in [-0.2, -0.15) is 0 Å². The highest BCUT2D eigenvalue weighted by atomic mass is 16.5. The Labute approximate surface area is 137 Å². The second-order valence-electron chi connectivity index (χ2n) is 7.32. The zero-order valence-corrected chi connectivity index (χ0v) is 14.1. The lowest BCUT2D eigenvalue weighted by Gasteiger charge is -2.26. The number of carbonyl (C=O) groups is 1. The third kappa shape index (κ3) is 3.39. The zero-order valence-electron chi connectivity index (χ0n) is 14.1. The molecular formula is C18H25N3O2. The zero-order chi connectivity index (χ0) is 16.4. The number of hydrogen-bond donors (Lipinski definition) is 1. The monoisotopic (exact) mass is 315 g/mol. The molecule has 5 nitrogen and oxygen atoms in total. The molecule has 124 valence electrons. The fourth-order valence-corrected chi connectivity index (χ4v) is 3.23. The van der Waals surface area contributed by atoms with E-state index >= 15 is 0 Å². The molecule has 1 aliphatic heterocycles. The number of benzene rings is 1. The summed E-state index contributed by atoms with van der Waals surface area (Å²) in [5.74, 6) is 1.73. The van der Waals surface area contributed by atoms with Gasteiger partial charge in [-0.05, 0) is 37.0 Å². The molecule has 1 N–H and O–H groups in total. The van der Waals surface area contributed by atoms with E-state index in [1.165, 1.54) is 0 Å². The van der Waals surface area contributed by atoms with Crippen LogP contribution in [0.15, 0.2) is 18.2 Å². The van der Waals surface area contributed by atoms with Crippen molar-refractivity contribution >= 4 is 23.1 Å². The van der Waals surface area contributed by atoms with Crippen molar-refractivity contribution in [2.75, 3.05) is 18.5 Å². The summed E-state index contributed by atoms with van der Waals surface area (Å²) in [5.41, 5.74) is 2.83. The number of aromatic nitrogens is 2. The molecule has 2 heterocycles. The highest BCUT2D eigenvalue weighted by Crippen LogP contribution is 2.30. The molecule has 1 aromatic carbocycles. The van der Waals surface area contributed by atoms with Crippen molar-refractivity contribution in [2.45, 2.75) is 45.6 Å². The first kappa shape index (κ1) is 16.0. The molecule has 0 radical (unpaired) electrons. The van der Waals surface area contributed by atoms with Gasteiger partial charge in [-0.3, -0.25) is 4.79 Å². The third-order valence-electron chi connectivity index (χ3n) is 4.43. The quantitative estimate of drug-likeness (QED) is 0.881. The number of amides is 1. The summed E-state index contributed by atoms with van der Waals surface area (Å²) in [6.07, 6.45) is 2.91. The van der Waals surface area contributed by atoms with Gasteiger partial charge < -0.3 is 14.6 Å². The van der Waals surface area contributed by atoms with Crippen LogP contribution in [0.4, 0.5) is 5.69 Å². The lowest BCUT2D eigenvalue weighted by molar-refractivity contribution is -0.105. The molecule has 1 aromatic heterocycles. The average Bonchev–Trinajstić information content (AvgIpc) is 2.87. The van der Waals surface area contributed by atoms with E-state index in [4.69, 9.17) is 9.72 Å². The average molecular weight is 315 g/mol. The van der Waals surface area contributed by atoms with Gasteiger partial charge in [0, 0.05) is 30.9 Å². The summed E-state index contributed by atoms with van der Waals surface area (Å²) in [6, 6.07) is 5.94. The molecule has 0 unspecified atom stereocenters. The van der Waals surface area contributed by atoms with Crippen molar-refractivity contribution in [3.63, 3.8) is 0 Å². The number of carbonyl (C=O) groups excluding carboxylic acids is 1. The van der Waals surface area contributed by atoms with Crippen molar-refractivity contribution in [1.29, 1.82) is 0 Å². The fraction of sp³-hybridized carbons (Fsp3) is 0.556. The van der Waals surface area contributed by atoms with Crippen LogP contribution < -0.4 is 5.32 Å². The molecule has 5 heteroatoms. The molecular weight excluding hydrogens is 290 g/mol. The van der Waals surface area contributed by atoms with E-state index in [0.29, 0.717) is 12.3 Å².